The summed E-state index contributed by atoms with van der Waals surface area (Å²) in [5.41, 5.74) is 2.17. The van der Waals surface area contributed by atoms with E-state index in [9.17, 15) is 9.59 Å². The minimum absolute atomic E-state index is 0.0645. The van der Waals surface area contributed by atoms with Gasteiger partial charge in [0.05, 0.1) is 11.7 Å². The van der Waals surface area contributed by atoms with Crippen molar-refractivity contribution >= 4 is 17.5 Å². The van der Waals surface area contributed by atoms with Crippen molar-refractivity contribution in [1.82, 2.24) is 14.8 Å². The third-order valence-corrected chi connectivity index (χ3v) is 6.00. The number of ether oxygens (including phenoxy) is 2. The number of methoxy groups -OCH3 is 1. The summed E-state index contributed by atoms with van der Waals surface area (Å²) in [6.45, 7) is 8.06. The molecule has 1 aromatic heterocycles. The second-order valence-corrected chi connectivity index (χ2v) is 8.78. The number of amides is 2. The number of aromatic nitrogens is 1. The Morgan fingerprint density at radius 3 is 2.73 bits per heavy atom. The summed E-state index contributed by atoms with van der Waals surface area (Å²) >= 11 is 0. The van der Waals surface area contributed by atoms with Gasteiger partial charge >= 0.3 is 0 Å². The first-order chi connectivity index (χ1) is 15.8. The van der Waals surface area contributed by atoms with Crippen LogP contribution in [0.5, 0.6) is 5.75 Å². The number of carbonyl (C=O) groups is 2. The highest BCUT2D eigenvalue weighted by Crippen LogP contribution is 2.27. The van der Waals surface area contributed by atoms with Gasteiger partial charge in [-0.05, 0) is 36.6 Å². The van der Waals surface area contributed by atoms with Crippen LogP contribution in [0.3, 0.4) is 0 Å². The van der Waals surface area contributed by atoms with Crippen LogP contribution in [-0.2, 0) is 16.1 Å². The molecule has 2 amide bonds. The van der Waals surface area contributed by atoms with E-state index in [0.29, 0.717) is 30.2 Å². The summed E-state index contributed by atoms with van der Waals surface area (Å²) < 4.78 is 12.0. The van der Waals surface area contributed by atoms with Crippen LogP contribution in [0.15, 0.2) is 42.7 Å². The molecule has 0 saturated carbocycles. The molecule has 3 atom stereocenters. The summed E-state index contributed by atoms with van der Waals surface area (Å²) in [6.07, 6.45) is 3.53. The lowest BCUT2D eigenvalue weighted by atomic mass is 10.0. The van der Waals surface area contributed by atoms with E-state index in [-0.39, 0.29) is 29.9 Å². The first-order valence-corrected chi connectivity index (χ1v) is 11.2. The molecule has 3 rings (SSSR count). The molecule has 0 aliphatic carbocycles. The van der Waals surface area contributed by atoms with Crippen LogP contribution in [0.25, 0.3) is 0 Å². The molecular weight excluding hydrogens is 420 g/mol. The number of anilines is 1. The molecule has 0 saturated heterocycles. The standard InChI is InChI=1S/C25H34N4O4/c1-17-13-29(14-20-7-6-10-26-12-20)18(2)16-33-23-11-21(27-19(3)30)8-9-22(23)25(31)28(4)15-24(17)32-5/h6-12,17-18,24H,13-16H2,1-5H3,(H,27,30)/t17-,18-,24+/m1/s1. The maximum atomic E-state index is 13.2. The highest BCUT2D eigenvalue weighted by atomic mass is 16.5. The lowest BCUT2D eigenvalue weighted by Gasteiger charge is -2.36. The fraction of sp³-hybridized carbons (Fsp3) is 0.480. The summed E-state index contributed by atoms with van der Waals surface area (Å²) in [5.74, 6) is 0.313. The normalized spacial score (nSPS) is 22.5. The average Bonchev–Trinajstić information content (AvgIpc) is 2.79. The van der Waals surface area contributed by atoms with Gasteiger partial charge in [0.15, 0.2) is 0 Å². The number of likely N-dealkylation sites (N-methyl/N-ethyl adjacent to an activating group) is 1. The quantitative estimate of drug-likeness (QED) is 0.765. The molecule has 8 nitrogen and oxygen atoms in total. The topological polar surface area (TPSA) is 84.0 Å². The van der Waals surface area contributed by atoms with Crippen molar-refractivity contribution in [2.24, 2.45) is 5.92 Å². The Hall–Kier alpha value is -2.97. The summed E-state index contributed by atoms with van der Waals surface area (Å²) in [4.78, 5) is 33.0. The number of hydrogen-bond acceptors (Lipinski definition) is 6. The predicted octanol–water partition coefficient (Wildman–Crippen LogP) is 3.05. The van der Waals surface area contributed by atoms with Gasteiger partial charge in [0.2, 0.25) is 5.91 Å². The van der Waals surface area contributed by atoms with E-state index in [1.54, 1.807) is 43.5 Å². The Balaban J connectivity index is 1.94. The van der Waals surface area contributed by atoms with Crippen LogP contribution in [0.1, 0.15) is 36.7 Å². The van der Waals surface area contributed by atoms with Crippen LogP contribution in [0.2, 0.25) is 0 Å². The molecule has 2 aromatic rings. The summed E-state index contributed by atoms with van der Waals surface area (Å²) in [6, 6.07) is 9.20. The molecule has 2 heterocycles. The van der Waals surface area contributed by atoms with Gasteiger partial charge in [0, 0.05) is 70.9 Å². The van der Waals surface area contributed by atoms with Crippen molar-refractivity contribution in [3.63, 3.8) is 0 Å². The van der Waals surface area contributed by atoms with Crippen LogP contribution >= 0.6 is 0 Å². The van der Waals surface area contributed by atoms with E-state index in [1.165, 1.54) is 6.92 Å². The summed E-state index contributed by atoms with van der Waals surface area (Å²) in [5, 5.41) is 2.76. The number of rotatable bonds is 4. The van der Waals surface area contributed by atoms with Crippen molar-refractivity contribution in [3.8, 4) is 5.75 Å². The molecule has 1 aliphatic heterocycles. The van der Waals surface area contributed by atoms with Crippen molar-refractivity contribution in [1.29, 1.82) is 0 Å². The highest BCUT2D eigenvalue weighted by Gasteiger charge is 2.28. The Morgan fingerprint density at radius 2 is 2.06 bits per heavy atom. The van der Waals surface area contributed by atoms with E-state index in [2.05, 4.69) is 35.1 Å². The molecule has 0 radical (unpaired) electrons. The monoisotopic (exact) mass is 454 g/mol. The van der Waals surface area contributed by atoms with Crippen LogP contribution in [-0.4, -0.2) is 72.6 Å². The SMILES string of the molecule is CO[C@H]1CN(C)C(=O)c2ccc(NC(C)=O)cc2OC[C@@H](C)N(Cc2cccnc2)C[C@H]1C. The van der Waals surface area contributed by atoms with Crippen LogP contribution in [0.4, 0.5) is 5.69 Å². The number of fused-ring (bicyclic) bond motifs is 1. The van der Waals surface area contributed by atoms with E-state index in [1.807, 2.05) is 12.3 Å². The van der Waals surface area contributed by atoms with Gasteiger partial charge in [-0.1, -0.05) is 13.0 Å². The number of hydrogen-bond donors (Lipinski definition) is 1. The zero-order chi connectivity index (χ0) is 24.0. The molecule has 1 N–H and O–H groups in total. The molecule has 1 aromatic carbocycles. The lowest BCUT2D eigenvalue weighted by Crippen LogP contribution is -2.46. The van der Waals surface area contributed by atoms with E-state index in [4.69, 9.17) is 9.47 Å². The Kier molecular flexibility index (Phi) is 8.41. The maximum absolute atomic E-state index is 13.2. The zero-order valence-corrected chi connectivity index (χ0v) is 20.1. The molecule has 0 fully saturated rings. The predicted molar refractivity (Wildman–Crippen MR) is 127 cm³/mol. The minimum Gasteiger partial charge on any atom is -0.491 e. The second-order valence-electron chi connectivity index (χ2n) is 8.78. The average molecular weight is 455 g/mol. The molecule has 0 unspecified atom stereocenters. The third kappa shape index (κ3) is 6.52. The molecule has 0 spiro atoms. The van der Waals surface area contributed by atoms with E-state index in [0.717, 1.165) is 18.7 Å². The minimum atomic E-state index is -0.181. The number of carbonyl (C=O) groups excluding carboxylic acids is 2. The maximum Gasteiger partial charge on any atom is 0.257 e. The van der Waals surface area contributed by atoms with Gasteiger partial charge in [0.1, 0.15) is 12.4 Å². The molecule has 178 valence electrons. The first-order valence-electron chi connectivity index (χ1n) is 11.2. The fourth-order valence-electron chi connectivity index (χ4n) is 4.07. The third-order valence-electron chi connectivity index (χ3n) is 6.00. The van der Waals surface area contributed by atoms with Crippen molar-refractivity contribution < 1.29 is 19.1 Å². The number of benzene rings is 1. The Bertz CT molecular complexity index is 953. The zero-order valence-electron chi connectivity index (χ0n) is 20.1. The number of pyridine rings is 1. The van der Waals surface area contributed by atoms with Gasteiger partial charge in [-0.15, -0.1) is 0 Å². The van der Waals surface area contributed by atoms with Crippen LogP contribution < -0.4 is 10.1 Å². The van der Waals surface area contributed by atoms with Crippen molar-refractivity contribution in [3.05, 3.63) is 53.9 Å². The largest absolute Gasteiger partial charge is 0.491 e. The van der Waals surface area contributed by atoms with Gasteiger partial charge in [-0.3, -0.25) is 19.5 Å². The Labute approximate surface area is 195 Å². The lowest BCUT2D eigenvalue weighted by molar-refractivity contribution is -0.114. The van der Waals surface area contributed by atoms with Crippen molar-refractivity contribution in [2.45, 2.75) is 39.5 Å². The Morgan fingerprint density at radius 1 is 1.27 bits per heavy atom. The van der Waals surface area contributed by atoms with E-state index >= 15 is 0 Å². The molecule has 33 heavy (non-hydrogen) atoms. The van der Waals surface area contributed by atoms with Crippen LogP contribution in [0, 0.1) is 5.92 Å². The van der Waals surface area contributed by atoms with Gasteiger partial charge in [0.25, 0.3) is 5.91 Å². The first kappa shape index (κ1) is 24.7. The highest BCUT2D eigenvalue weighted by molar-refractivity contribution is 5.98. The molecule has 8 heteroatoms. The summed E-state index contributed by atoms with van der Waals surface area (Å²) in [7, 11) is 3.46. The fourth-order valence-corrected chi connectivity index (χ4v) is 4.07. The van der Waals surface area contributed by atoms with Gasteiger partial charge < -0.3 is 19.7 Å². The van der Waals surface area contributed by atoms with Gasteiger partial charge in [-0.25, -0.2) is 0 Å². The molecule has 1 aliphatic rings. The molecule has 0 bridgehead atoms. The second kappa shape index (κ2) is 11.2. The van der Waals surface area contributed by atoms with Crippen molar-refractivity contribution in [2.75, 3.05) is 39.2 Å². The number of nitrogens with zero attached hydrogens (tertiary/aromatic N) is 3. The number of nitrogens with one attached hydrogen (secondary N) is 1. The van der Waals surface area contributed by atoms with Gasteiger partial charge in [-0.2, -0.15) is 0 Å². The smallest absolute Gasteiger partial charge is 0.257 e. The van der Waals surface area contributed by atoms with E-state index < -0.39 is 0 Å². The molecular formula is C25H34N4O4.